The number of piperidine rings is 1. The zero-order valence-corrected chi connectivity index (χ0v) is 19.9. The van der Waals surface area contributed by atoms with Gasteiger partial charge in [0.1, 0.15) is 11.4 Å². The molecule has 2 amide bonds. The zero-order valence-electron chi connectivity index (χ0n) is 19.1. The lowest BCUT2D eigenvalue weighted by Crippen LogP contribution is -2.46. The second-order valence-corrected chi connectivity index (χ2v) is 8.79. The molecule has 1 aliphatic heterocycles. The zero-order chi connectivity index (χ0) is 24.9. The highest BCUT2D eigenvalue weighted by Gasteiger charge is 2.27. The third-order valence-electron chi connectivity index (χ3n) is 5.95. The quantitative estimate of drug-likeness (QED) is 0.358. The Morgan fingerprint density at radius 3 is 2.54 bits per heavy atom. The van der Waals surface area contributed by atoms with E-state index < -0.39 is 4.92 Å². The van der Waals surface area contributed by atoms with E-state index in [1.165, 1.54) is 6.07 Å². The number of nitro groups is 1. The number of nitrogens with zero attached hydrogens (tertiary/aromatic N) is 2. The van der Waals surface area contributed by atoms with E-state index in [-0.39, 0.29) is 34.9 Å². The fourth-order valence-electron chi connectivity index (χ4n) is 4.02. The summed E-state index contributed by atoms with van der Waals surface area (Å²) in [6.07, 6.45) is 1.16. The van der Waals surface area contributed by atoms with Gasteiger partial charge in [-0.3, -0.25) is 19.7 Å². The van der Waals surface area contributed by atoms with Gasteiger partial charge in [0.2, 0.25) is 0 Å². The Balaban J connectivity index is 1.37. The van der Waals surface area contributed by atoms with E-state index in [0.29, 0.717) is 48.9 Å². The van der Waals surface area contributed by atoms with Gasteiger partial charge >= 0.3 is 0 Å². The lowest BCUT2D eigenvalue weighted by molar-refractivity contribution is -0.384. The maximum absolute atomic E-state index is 13.0. The van der Waals surface area contributed by atoms with Crippen LogP contribution in [0.2, 0.25) is 5.02 Å². The van der Waals surface area contributed by atoms with Gasteiger partial charge in [-0.05, 0) is 55.7 Å². The monoisotopic (exact) mass is 496 g/mol. The van der Waals surface area contributed by atoms with Crippen LogP contribution >= 0.6 is 11.6 Å². The van der Waals surface area contributed by atoms with E-state index in [4.69, 9.17) is 16.0 Å². The van der Waals surface area contributed by atoms with Crippen molar-refractivity contribution in [2.24, 2.45) is 0 Å². The molecule has 35 heavy (non-hydrogen) atoms. The van der Waals surface area contributed by atoms with Gasteiger partial charge in [0, 0.05) is 42.3 Å². The van der Waals surface area contributed by atoms with Crippen molar-refractivity contribution in [3.05, 3.63) is 92.4 Å². The average Bonchev–Trinajstić information content (AvgIpc) is 3.30. The van der Waals surface area contributed by atoms with Crippen LogP contribution < -0.4 is 10.6 Å². The molecule has 1 fully saturated rings. The summed E-state index contributed by atoms with van der Waals surface area (Å²) in [7, 11) is 0. The van der Waals surface area contributed by atoms with Crippen molar-refractivity contribution in [1.29, 1.82) is 0 Å². The van der Waals surface area contributed by atoms with Gasteiger partial charge in [0.25, 0.3) is 17.5 Å². The SMILES string of the molecule is Cc1ccc(C(=O)NC2CCN(C(=O)c3ccc(NCc4ccccc4Cl)c([N+](=O)[O-])c3)CC2)o1. The number of carbonyl (C=O) groups is 2. The summed E-state index contributed by atoms with van der Waals surface area (Å²) in [4.78, 5) is 38.1. The van der Waals surface area contributed by atoms with Crippen molar-refractivity contribution in [2.75, 3.05) is 18.4 Å². The first kappa shape index (κ1) is 24.3. The lowest BCUT2D eigenvalue weighted by Gasteiger charge is -2.32. The first-order valence-corrected chi connectivity index (χ1v) is 11.6. The molecule has 0 bridgehead atoms. The van der Waals surface area contributed by atoms with E-state index in [1.54, 1.807) is 42.2 Å². The molecule has 0 unspecified atom stereocenters. The normalized spacial score (nSPS) is 13.9. The van der Waals surface area contributed by atoms with Gasteiger partial charge in [-0.25, -0.2) is 0 Å². The van der Waals surface area contributed by atoms with Crippen molar-refractivity contribution in [3.63, 3.8) is 0 Å². The van der Waals surface area contributed by atoms with Crippen molar-refractivity contribution in [1.82, 2.24) is 10.2 Å². The summed E-state index contributed by atoms with van der Waals surface area (Å²) in [5.41, 5.74) is 1.18. The molecule has 2 aromatic carbocycles. The van der Waals surface area contributed by atoms with E-state index >= 15 is 0 Å². The lowest BCUT2D eigenvalue weighted by atomic mass is 10.0. The maximum Gasteiger partial charge on any atom is 0.293 e. The first-order chi connectivity index (χ1) is 16.8. The minimum atomic E-state index is -0.510. The van der Waals surface area contributed by atoms with Crippen LogP contribution in [0.1, 0.15) is 45.1 Å². The Kier molecular flexibility index (Phi) is 7.36. The smallest absolute Gasteiger partial charge is 0.293 e. The number of nitro benzene ring substituents is 1. The second-order valence-electron chi connectivity index (χ2n) is 8.38. The summed E-state index contributed by atoms with van der Waals surface area (Å²) in [6.45, 7) is 2.94. The molecule has 182 valence electrons. The number of nitrogens with one attached hydrogen (secondary N) is 2. The van der Waals surface area contributed by atoms with E-state index in [0.717, 1.165) is 5.56 Å². The molecule has 3 aromatic rings. The Bertz CT molecular complexity index is 1250. The molecule has 2 heterocycles. The molecule has 0 aliphatic carbocycles. The number of aryl methyl sites for hydroxylation is 1. The summed E-state index contributed by atoms with van der Waals surface area (Å²) in [5.74, 6) is 0.363. The number of carbonyl (C=O) groups excluding carboxylic acids is 2. The van der Waals surface area contributed by atoms with Crippen LogP contribution in [0.25, 0.3) is 0 Å². The molecule has 10 heteroatoms. The first-order valence-electron chi connectivity index (χ1n) is 11.2. The minimum Gasteiger partial charge on any atom is -0.456 e. The van der Waals surface area contributed by atoms with Crippen LogP contribution in [-0.4, -0.2) is 40.8 Å². The number of furan rings is 1. The van der Waals surface area contributed by atoms with Crippen LogP contribution in [0.15, 0.2) is 59.0 Å². The highest BCUT2D eigenvalue weighted by molar-refractivity contribution is 6.31. The maximum atomic E-state index is 13.0. The topological polar surface area (TPSA) is 118 Å². The molecule has 1 aromatic heterocycles. The van der Waals surface area contributed by atoms with Crippen LogP contribution in [0.3, 0.4) is 0 Å². The number of hydrogen-bond donors (Lipinski definition) is 2. The van der Waals surface area contributed by atoms with Crippen LogP contribution in [0, 0.1) is 17.0 Å². The molecular weight excluding hydrogens is 472 g/mol. The predicted octanol–water partition coefficient (Wildman–Crippen LogP) is 4.80. The fourth-order valence-corrected chi connectivity index (χ4v) is 4.22. The van der Waals surface area contributed by atoms with E-state index in [2.05, 4.69) is 10.6 Å². The number of likely N-dealkylation sites (tertiary alicyclic amines) is 1. The third-order valence-corrected chi connectivity index (χ3v) is 6.32. The molecule has 9 nitrogen and oxygen atoms in total. The second kappa shape index (κ2) is 10.6. The van der Waals surface area contributed by atoms with Crippen molar-refractivity contribution in [2.45, 2.75) is 32.4 Å². The van der Waals surface area contributed by atoms with E-state index in [1.807, 2.05) is 18.2 Å². The minimum absolute atomic E-state index is 0.0809. The number of anilines is 1. The summed E-state index contributed by atoms with van der Waals surface area (Å²) in [6, 6.07) is 14.9. The standard InChI is InChI=1S/C25H25ClN4O5/c1-16-6-9-23(35-16)24(31)28-19-10-12-29(13-11-19)25(32)17-7-8-21(22(14-17)30(33)34)27-15-18-4-2-3-5-20(18)26/h2-9,14,19,27H,10-13,15H2,1H3,(H,28,31). The van der Waals surface area contributed by atoms with Crippen LogP contribution in [0.4, 0.5) is 11.4 Å². The predicted molar refractivity (Wildman–Crippen MR) is 132 cm³/mol. The summed E-state index contributed by atoms with van der Waals surface area (Å²) < 4.78 is 5.35. The van der Waals surface area contributed by atoms with Gasteiger partial charge in [0.15, 0.2) is 5.76 Å². The molecule has 0 spiro atoms. The van der Waals surface area contributed by atoms with Gasteiger partial charge in [-0.1, -0.05) is 29.8 Å². The molecule has 1 saturated heterocycles. The molecule has 0 radical (unpaired) electrons. The number of amides is 2. The van der Waals surface area contributed by atoms with Crippen molar-refractivity contribution in [3.8, 4) is 0 Å². The molecule has 1 aliphatic rings. The molecule has 0 atom stereocenters. The number of rotatable bonds is 7. The molecular formula is C25H25ClN4O5. The molecule has 4 rings (SSSR count). The van der Waals surface area contributed by atoms with Crippen molar-refractivity contribution >= 4 is 34.8 Å². The largest absolute Gasteiger partial charge is 0.456 e. The molecule has 0 saturated carbocycles. The third kappa shape index (κ3) is 5.81. The Morgan fingerprint density at radius 2 is 1.89 bits per heavy atom. The highest BCUT2D eigenvalue weighted by atomic mass is 35.5. The van der Waals surface area contributed by atoms with Crippen LogP contribution in [-0.2, 0) is 6.54 Å². The summed E-state index contributed by atoms with van der Waals surface area (Å²) in [5, 5.41) is 18.2. The number of hydrogen-bond acceptors (Lipinski definition) is 6. The van der Waals surface area contributed by atoms with E-state index in [9.17, 15) is 19.7 Å². The Labute approximate surface area is 207 Å². The van der Waals surface area contributed by atoms with Gasteiger partial charge < -0.3 is 20.0 Å². The van der Waals surface area contributed by atoms with Gasteiger partial charge in [-0.15, -0.1) is 0 Å². The fraction of sp³-hybridized carbons (Fsp3) is 0.280. The average molecular weight is 497 g/mol. The molecule has 2 N–H and O–H groups in total. The van der Waals surface area contributed by atoms with Crippen molar-refractivity contribution < 1.29 is 18.9 Å². The highest BCUT2D eigenvalue weighted by Crippen LogP contribution is 2.28. The Hall–Kier alpha value is -3.85. The number of halogens is 1. The van der Waals surface area contributed by atoms with Crippen LogP contribution in [0.5, 0.6) is 0 Å². The van der Waals surface area contributed by atoms with Gasteiger partial charge in [-0.2, -0.15) is 0 Å². The summed E-state index contributed by atoms with van der Waals surface area (Å²) >= 11 is 6.16. The Morgan fingerprint density at radius 1 is 1.14 bits per heavy atom. The van der Waals surface area contributed by atoms with Gasteiger partial charge in [0.05, 0.1) is 4.92 Å². The number of benzene rings is 2.